The van der Waals surface area contributed by atoms with Crippen LogP contribution in [0.15, 0.2) is 81.7 Å². The number of rotatable bonds is 6. The molecule has 0 saturated carbocycles. The second-order valence-electron chi connectivity index (χ2n) is 8.94. The lowest BCUT2D eigenvalue weighted by Gasteiger charge is -2.36. The molecule has 0 saturated heterocycles. The van der Waals surface area contributed by atoms with Crippen LogP contribution >= 0.6 is 15.9 Å². The molecule has 0 radical (unpaired) electrons. The second kappa shape index (κ2) is 12.3. The van der Waals surface area contributed by atoms with Crippen molar-refractivity contribution in [1.29, 1.82) is 5.26 Å². The van der Waals surface area contributed by atoms with Gasteiger partial charge in [0.2, 0.25) is 0 Å². The molecule has 1 aliphatic rings. The van der Waals surface area contributed by atoms with Gasteiger partial charge >= 0.3 is 18.1 Å². The van der Waals surface area contributed by atoms with Crippen molar-refractivity contribution in [2.45, 2.75) is 12.1 Å². The molecular weight excluding hydrogens is 664 g/mol. The SMILES string of the molecule is COC(=O)C1=C(C(=O)OC)N(c2cc(Br)c(F)cc2Oc2c(F)cc(C(F)(F)F)cc2F)C(N)=C(C#N)C1c1ccccc1. The Balaban J connectivity index is 2.05. The minimum absolute atomic E-state index is 0.0319. The van der Waals surface area contributed by atoms with Gasteiger partial charge in [-0.25, -0.2) is 22.8 Å². The first-order valence-electron chi connectivity index (χ1n) is 12.1. The minimum Gasteiger partial charge on any atom is -0.466 e. The lowest BCUT2D eigenvalue weighted by molar-refractivity contribution is -0.139. The number of nitrogens with zero attached hydrogens (tertiary/aromatic N) is 2. The van der Waals surface area contributed by atoms with Crippen molar-refractivity contribution in [2.24, 2.45) is 5.73 Å². The number of nitrogens with two attached hydrogens (primary N) is 1. The first-order chi connectivity index (χ1) is 20.7. The van der Waals surface area contributed by atoms with E-state index in [1.165, 1.54) is 0 Å². The summed E-state index contributed by atoms with van der Waals surface area (Å²) in [5.74, 6) is -10.9. The summed E-state index contributed by atoms with van der Waals surface area (Å²) in [4.78, 5) is 27.3. The Hall–Kier alpha value is -4.97. The van der Waals surface area contributed by atoms with Crippen LogP contribution in [0.25, 0.3) is 0 Å². The highest BCUT2D eigenvalue weighted by Gasteiger charge is 2.44. The zero-order chi connectivity index (χ0) is 32.5. The van der Waals surface area contributed by atoms with Crippen molar-refractivity contribution in [3.63, 3.8) is 0 Å². The van der Waals surface area contributed by atoms with E-state index in [4.69, 9.17) is 19.9 Å². The maximum Gasteiger partial charge on any atom is 0.416 e. The standard InChI is InChI=1S/C29H18BrF6N3O5/c1-42-27(40)23-22(13-6-4-3-5-7-13)15(12-37)26(38)39(24(23)28(41)43-2)20-10-16(30)17(31)11-21(20)44-25-18(32)8-14(9-19(25)33)29(34,35)36/h3-11,22H,38H2,1-2H3. The van der Waals surface area contributed by atoms with Crippen molar-refractivity contribution in [2.75, 3.05) is 19.1 Å². The minimum atomic E-state index is -5.10. The molecule has 0 bridgehead atoms. The summed E-state index contributed by atoms with van der Waals surface area (Å²) in [6, 6.07) is 11.3. The molecule has 8 nitrogen and oxygen atoms in total. The van der Waals surface area contributed by atoms with Gasteiger partial charge in [0.05, 0.1) is 53.1 Å². The number of hydrogen-bond acceptors (Lipinski definition) is 8. The van der Waals surface area contributed by atoms with Gasteiger partial charge in [-0.15, -0.1) is 0 Å². The summed E-state index contributed by atoms with van der Waals surface area (Å²) in [5.41, 5.74) is 3.22. The fraction of sp³-hybridized carbons (Fsp3) is 0.138. The summed E-state index contributed by atoms with van der Waals surface area (Å²) >= 11 is 2.95. The third kappa shape index (κ3) is 5.80. The lowest BCUT2D eigenvalue weighted by Crippen LogP contribution is -2.41. The van der Waals surface area contributed by atoms with Crippen LogP contribution in [0.5, 0.6) is 11.5 Å². The molecule has 0 amide bonds. The molecule has 0 aromatic heterocycles. The molecule has 228 valence electrons. The van der Waals surface area contributed by atoms with E-state index in [0.717, 1.165) is 25.2 Å². The topological polar surface area (TPSA) is 115 Å². The average Bonchev–Trinajstić information content (AvgIpc) is 2.99. The van der Waals surface area contributed by atoms with Crippen LogP contribution in [0.4, 0.5) is 32.0 Å². The highest BCUT2D eigenvalue weighted by Crippen LogP contribution is 2.47. The maximum absolute atomic E-state index is 14.8. The predicted molar refractivity (Wildman–Crippen MR) is 145 cm³/mol. The zero-order valence-corrected chi connectivity index (χ0v) is 24.0. The zero-order valence-electron chi connectivity index (χ0n) is 22.4. The molecule has 0 spiro atoms. The van der Waals surface area contributed by atoms with Gasteiger partial charge in [-0.2, -0.15) is 18.4 Å². The number of carbonyl (C=O) groups excluding carboxylic acids is 2. The summed E-state index contributed by atoms with van der Waals surface area (Å²) in [6.45, 7) is 0. The van der Waals surface area contributed by atoms with Crippen LogP contribution < -0.4 is 15.4 Å². The molecular formula is C29H18BrF6N3O5. The van der Waals surface area contributed by atoms with Gasteiger partial charge in [0.1, 0.15) is 17.3 Å². The molecule has 0 aliphatic carbocycles. The summed E-state index contributed by atoms with van der Waals surface area (Å²) in [6.07, 6.45) is -5.10. The van der Waals surface area contributed by atoms with E-state index in [2.05, 4.69) is 15.9 Å². The third-order valence-electron chi connectivity index (χ3n) is 6.39. The number of methoxy groups -OCH3 is 2. The molecule has 1 aliphatic heterocycles. The normalized spacial score (nSPS) is 15.2. The van der Waals surface area contributed by atoms with Crippen LogP contribution in [0.2, 0.25) is 0 Å². The van der Waals surface area contributed by atoms with Gasteiger partial charge in [0.15, 0.2) is 23.1 Å². The van der Waals surface area contributed by atoms with Crippen molar-refractivity contribution in [3.05, 3.63) is 110 Å². The predicted octanol–water partition coefficient (Wildman–Crippen LogP) is 6.58. The second-order valence-corrected chi connectivity index (χ2v) is 9.79. The van der Waals surface area contributed by atoms with Crippen LogP contribution in [-0.4, -0.2) is 26.2 Å². The van der Waals surface area contributed by atoms with E-state index in [-0.39, 0.29) is 22.2 Å². The van der Waals surface area contributed by atoms with Crippen LogP contribution in [0.3, 0.4) is 0 Å². The summed E-state index contributed by atoms with van der Waals surface area (Å²) in [7, 11) is 1.97. The van der Waals surface area contributed by atoms with E-state index in [9.17, 15) is 41.2 Å². The van der Waals surface area contributed by atoms with Crippen LogP contribution in [0.1, 0.15) is 17.0 Å². The molecule has 1 unspecified atom stereocenters. The Labute approximate surface area is 253 Å². The van der Waals surface area contributed by atoms with E-state index >= 15 is 0 Å². The number of esters is 2. The van der Waals surface area contributed by atoms with Crippen LogP contribution in [-0.2, 0) is 25.2 Å². The number of alkyl halides is 3. The molecule has 1 heterocycles. The summed E-state index contributed by atoms with van der Waals surface area (Å²) in [5, 5.41) is 10.2. The molecule has 15 heteroatoms. The molecule has 2 N–H and O–H groups in total. The monoisotopic (exact) mass is 681 g/mol. The highest BCUT2D eigenvalue weighted by atomic mass is 79.9. The fourth-order valence-corrected chi connectivity index (χ4v) is 4.80. The molecule has 3 aromatic carbocycles. The number of ether oxygens (including phenoxy) is 3. The number of halogens is 7. The Morgan fingerprint density at radius 2 is 1.55 bits per heavy atom. The summed E-state index contributed by atoms with van der Waals surface area (Å²) < 4.78 is 98.4. The Bertz CT molecular complexity index is 1750. The highest BCUT2D eigenvalue weighted by molar-refractivity contribution is 9.10. The largest absolute Gasteiger partial charge is 0.466 e. The molecule has 0 fully saturated rings. The van der Waals surface area contributed by atoms with Gasteiger partial charge < -0.3 is 19.9 Å². The Kier molecular flexibility index (Phi) is 8.96. The van der Waals surface area contributed by atoms with E-state index < -0.39 is 81.3 Å². The molecule has 44 heavy (non-hydrogen) atoms. The molecule has 1 atom stereocenters. The first-order valence-corrected chi connectivity index (χ1v) is 12.9. The van der Waals surface area contributed by atoms with E-state index in [1.807, 2.05) is 6.07 Å². The third-order valence-corrected chi connectivity index (χ3v) is 7.00. The van der Waals surface area contributed by atoms with Crippen molar-refractivity contribution in [1.82, 2.24) is 0 Å². The number of benzene rings is 3. The fourth-order valence-electron chi connectivity index (χ4n) is 4.47. The van der Waals surface area contributed by atoms with Crippen LogP contribution in [0, 0.1) is 28.8 Å². The van der Waals surface area contributed by atoms with Crippen molar-refractivity contribution in [3.8, 4) is 17.6 Å². The maximum atomic E-state index is 14.8. The van der Waals surface area contributed by atoms with Gasteiger partial charge in [0.25, 0.3) is 0 Å². The number of carbonyl (C=O) groups is 2. The lowest BCUT2D eigenvalue weighted by atomic mass is 9.81. The number of hydrogen-bond donors (Lipinski definition) is 1. The van der Waals surface area contributed by atoms with E-state index in [0.29, 0.717) is 11.6 Å². The molecule has 3 aromatic rings. The van der Waals surface area contributed by atoms with Crippen molar-refractivity contribution >= 4 is 33.6 Å². The molecule has 4 rings (SSSR count). The number of anilines is 1. The first kappa shape index (κ1) is 32.0. The van der Waals surface area contributed by atoms with Gasteiger partial charge in [-0.05, 0) is 39.7 Å². The van der Waals surface area contributed by atoms with Gasteiger partial charge in [-0.3, -0.25) is 4.90 Å². The average molecular weight is 682 g/mol. The van der Waals surface area contributed by atoms with Crippen molar-refractivity contribution < 1.29 is 50.1 Å². The Morgan fingerprint density at radius 1 is 0.955 bits per heavy atom. The number of nitriles is 1. The van der Waals surface area contributed by atoms with E-state index in [1.54, 1.807) is 30.3 Å². The quantitative estimate of drug-likeness (QED) is 0.229. The smallest absolute Gasteiger partial charge is 0.416 e. The Morgan fingerprint density at radius 3 is 2.07 bits per heavy atom. The van der Waals surface area contributed by atoms with Gasteiger partial charge in [-0.1, -0.05) is 30.3 Å². The van der Waals surface area contributed by atoms with Gasteiger partial charge in [0, 0.05) is 6.07 Å². The number of allylic oxidation sites excluding steroid dienone is 1.